The first kappa shape index (κ1) is 13.7. The average molecular weight is 254 g/mol. The maximum atomic E-state index is 4.78. The number of hydrogen-bond acceptors (Lipinski definition) is 2. The van der Waals surface area contributed by atoms with Crippen molar-refractivity contribution in [1.82, 2.24) is 9.97 Å². The molecule has 0 atom stereocenters. The van der Waals surface area contributed by atoms with E-state index in [1.165, 1.54) is 6.42 Å². The molecule has 2 aromatic rings. The van der Waals surface area contributed by atoms with E-state index in [2.05, 4.69) is 32.9 Å². The van der Waals surface area contributed by atoms with E-state index in [1.807, 2.05) is 24.3 Å². The molecule has 0 spiro atoms. The SMILES string of the molecule is CCCCc1nc2ccccc2nc1/C=C/C(C)C. The highest BCUT2D eigenvalue weighted by atomic mass is 14.8. The molecule has 2 rings (SSSR count). The van der Waals surface area contributed by atoms with Crippen molar-refractivity contribution in [2.24, 2.45) is 5.92 Å². The molecule has 2 heteroatoms. The fourth-order valence-electron chi connectivity index (χ4n) is 2.00. The van der Waals surface area contributed by atoms with Gasteiger partial charge in [-0.3, -0.25) is 0 Å². The first-order chi connectivity index (χ1) is 9.20. The molecular formula is C17H22N2. The Morgan fingerprint density at radius 3 is 2.42 bits per heavy atom. The maximum absolute atomic E-state index is 4.78. The van der Waals surface area contributed by atoms with Crippen LogP contribution in [-0.2, 0) is 6.42 Å². The number of para-hydroxylation sites is 2. The molecule has 0 aliphatic rings. The van der Waals surface area contributed by atoms with E-state index < -0.39 is 0 Å². The van der Waals surface area contributed by atoms with Gasteiger partial charge < -0.3 is 0 Å². The Kier molecular flexibility index (Phi) is 4.67. The van der Waals surface area contributed by atoms with Crippen molar-refractivity contribution in [3.05, 3.63) is 41.7 Å². The summed E-state index contributed by atoms with van der Waals surface area (Å²) in [6, 6.07) is 8.09. The molecule has 0 unspecified atom stereocenters. The average Bonchev–Trinajstić information content (AvgIpc) is 2.42. The molecule has 0 fully saturated rings. The van der Waals surface area contributed by atoms with Gasteiger partial charge in [-0.15, -0.1) is 0 Å². The third kappa shape index (κ3) is 3.63. The number of rotatable bonds is 5. The zero-order valence-corrected chi connectivity index (χ0v) is 12.1. The number of unbranched alkanes of at least 4 members (excludes halogenated alkanes) is 1. The van der Waals surface area contributed by atoms with Crippen LogP contribution >= 0.6 is 0 Å². The molecule has 100 valence electrons. The van der Waals surface area contributed by atoms with Gasteiger partial charge in [0.25, 0.3) is 0 Å². The number of benzene rings is 1. The Morgan fingerprint density at radius 2 is 1.79 bits per heavy atom. The number of fused-ring (bicyclic) bond motifs is 1. The van der Waals surface area contributed by atoms with Gasteiger partial charge in [0.2, 0.25) is 0 Å². The molecule has 1 aromatic heterocycles. The number of aromatic nitrogens is 2. The number of nitrogens with zero attached hydrogens (tertiary/aromatic N) is 2. The Balaban J connectivity index is 2.44. The fourth-order valence-corrected chi connectivity index (χ4v) is 2.00. The predicted molar refractivity (Wildman–Crippen MR) is 82.0 cm³/mol. The van der Waals surface area contributed by atoms with Gasteiger partial charge in [-0.1, -0.05) is 45.4 Å². The Labute approximate surface area is 115 Å². The van der Waals surface area contributed by atoms with Crippen LogP contribution in [0.2, 0.25) is 0 Å². The van der Waals surface area contributed by atoms with Gasteiger partial charge in [-0.2, -0.15) is 0 Å². The lowest BCUT2D eigenvalue weighted by Gasteiger charge is -2.07. The quantitative estimate of drug-likeness (QED) is 0.776. The van der Waals surface area contributed by atoms with Crippen molar-refractivity contribution in [3.63, 3.8) is 0 Å². The minimum atomic E-state index is 0.535. The summed E-state index contributed by atoms with van der Waals surface area (Å²) in [6.45, 7) is 6.56. The van der Waals surface area contributed by atoms with Crippen molar-refractivity contribution in [2.75, 3.05) is 0 Å². The third-order valence-corrected chi connectivity index (χ3v) is 3.08. The first-order valence-corrected chi connectivity index (χ1v) is 7.14. The van der Waals surface area contributed by atoms with Crippen LogP contribution in [0.1, 0.15) is 45.0 Å². The molecule has 0 aliphatic carbocycles. The van der Waals surface area contributed by atoms with Crippen LogP contribution in [0.4, 0.5) is 0 Å². The second-order valence-electron chi connectivity index (χ2n) is 5.25. The Hall–Kier alpha value is -1.70. The summed E-state index contributed by atoms with van der Waals surface area (Å²) in [5, 5.41) is 0. The summed E-state index contributed by atoms with van der Waals surface area (Å²) in [5.41, 5.74) is 4.12. The van der Waals surface area contributed by atoms with Crippen molar-refractivity contribution in [2.45, 2.75) is 40.0 Å². The van der Waals surface area contributed by atoms with Crippen molar-refractivity contribution < 1.29 is 0 Å². The summed E-state index contributed by atoms with van der Waals surface area (Å²) < 4.78 is 0. The van der Waals surface area contributed by atoms with Crippen LogP contribution < -0.4 is 0 Å². The summed E-state index contributed by atoms with van der Waals surface area (Å²) in [4.78, 5) is 9.53. The van der Waals surface area contributed by atoms with E-state index in [4.69, 9.17) is 9.97 Å². The largest absolute Gasteiger partial charge is 0.249 e. The van der Waals surface area contributed by atoms with Gasteiger partial charge in [0.05, 0.1) is 22.4 Å². The van der Waals surface area contributed by atoms with Crippen LogP contribution in [0, 0.1) is 5.92 Å². The lowest BCUT2D eigenvalue weighted by atomic mass is 10.1. The topological polar surface area (TPSA) is 25.8 Å². The Morgan fingerprint density at radius 1 is 1.11 bits per heavy atom. The molecular weight excluding hydrogens is 232 g/mol. The molecule has 0 saturated heterocycles. The minimum absolute atomic E-state index is 0.535. The molecule has 0 N–H and O–H groups in total. The lowest BCUT2D eigenvalue weighted by Crippen LogP contribution is -1.99. The van der Waals surface area contributed by atoms with E-state index >= 15 is 0 Å². The number of hydrogen-bond donors (Lipinski definition) is 0. The molecule has 0 saturated carbocycles. The Bertz CT molecular complexity index is 570. The molecule has 2 nitrogen and oxygen atoms in total. The molecule has 1 heterocycles. The predicted octanol–water partition coefficient (Wildman–Crippen LogP) is 4.64. The lowest BCUT2D eigenvalue weighted by molar-refractivity contribution is 0.774. The van der Waals surface area contributed by atoms with Gasteiger partial charge in [0.15, 0.2) is 0 Å². The van der Waals surface area contributed by atoms with Gasteiger partial charge >= 0.3 is 0 Å². The second kappa shape index (κ2) is 6.46. The van der Waals surface area contributed by atoms with Gasteiger partial charge in [0, 0.05) is 0 Å². The molecule has 0 aliphatic heterocycles. The van der Waals surface area contributed by atoms with E-state index in [9.17, 15) is 0 Å². The fraction of sp³-hybridized carbons (Fsp3) is 0.412. The normalized spacial score (nSPS) is 11.8. The minimum Gasteiger partial charge on any atom is -0.249 e. The summed E-state index contributed by atoms with van der Waals surface area (Å²) in [6.07, 6.45) is 7.66. The highest BCUT2D eigenvalue weighted by Gasteiger charge is 2.06. The van der Waals surface area contributed by atoms with Crippen LogP contribution in [-0.4, -0.2) is 9.97 Å². The first-order valence-electron chi connectivity index (χ1n) is 7.14. The monoisotopic (exact) mass is 254 g/mol. The number of allylic oxidation sites excluding steroid dienone is 1. The molecule has 19 heavy (non-hydrogen) atoms. The van der Waals surface area contributed by atoms with Gasteiger partial charge in [0.1, 0.15) is 0 Å². The van der Waals surface area contributed by atoms with E-state index in [-0.39, 0.29) is 0 Å². The summed E-state index contributed by atoms with van der Waals surface area (Å²) in [7, 11) is 0. The smallest absolute Gasteiger partial charge is 0.0894 e. The van der Waals surface area contributed by atoms with E-state index in [1.54, 1.807) is 0 Å². The van der Waals surface area contributed by atoms with Gasteiger partial charge in [-0.05, 0) is 37.0 Å². The molecule has 0 amide bonds. The molecule has 1 aromatic carbocycles. The molecule has 0 radical (unpaired) electrons. The molecule has 0 bridgehead atoms. The van der Waals surface area contributed by atoms with Crippen molar-refractivity contribution in [1.29, 1.82) is 0 Å². The number of aryl methyl sites for hydroxylation is 1. The van der Waals surface area contributed by atoms with Crippen LogP contribution in [0.5, 0.6) is 0 Å². The van der Waals surface area contributed by atoms with E-state index in [0.717, 1.165) is 35.3 Å². The standard InChI is InChI=1S/C17H22N2/c1-4-5-8-14-17(12-11-13(2)3)19-16-10-7-6-9-15(16)18-14/h6-7,9-13H,4-5,8H2,1-3H3/b12-11+. The summed E-state index contributed by atoms with van der Waals surface area (Å²) >= 11 is 0. The zero-order valence-electron chi connectivity index (χ0n) is 12.1. The van der Waals surface area contributed by atoms with Crippen LogP contribution in [0.15, 0.2) is 30.3 Å². The highest BCUT2D eigenvalue weighted by molar-refractivity contribution is 5.75. The third-order valence-electron chi connectivity index (χ3n) is 3.08. The van der Waals surface area contributed by atoms with E-state index in [0.29, 0.717) is 5.92 Å². The second-order valence-corrected chi connectivity index (χ2v) is 5.25. The van der Waals surface area contributed by atoms with Gasteiger partial charge in [-0.25, -0.2) is 9.97 Å². The van der Waals surface area contributed by atoms with Crippen LogP contribution in [0.25, 0.3) is 17.1 Å². The summed E-state index contributed by atoms with van der Waals surface area (Å²) in [5.74, 6) is 0.535. The van der Waals surface area contributed by atoms with Crippen molar-refractivity contribution in [3.8, 4) is 0 Å². The zero-order chi connectivity index (χ0) is 13.7. The maximum Gasteiger partial charge on any atom is 0.0894 e. The highest BCUT2D eigenvalue weighted by Crippen LogP contribution is 2.16. The van der Waals surface area contributed by atoms with Crippen molar-refractivity contribution >= 4 is 17.1 Å². The van der Waals surface area contributed by atoms with Crippen LogP contribution in [0.3, 0.4) is 0 Å².